The van der Waals surface area contributed by atoms with Crippen LogP contribution in [0.2, 0.25) is 0 Å². The first-order valence-corrected chi connectivity index (χ1v) is 9.35. The molecule has 0 N–H and O–H groups in total. The largest absolute Gasteiger partial charge is 0.466 e. The summed E-state index contributed by atoms with van der Waals surface area (Å²) in [7, 11) is 1.39. The summed E-state index contributed by atoms with van der Waals surface area (Å²) in [6.07, 6.45) is 1.53. The Morgan fingerprint density at radius 1 is 0.857 bits per heavy atom. The molecule has 0 amide bonds. The van der Waals surface area contributed by atoms with Crippen molar-refractivity contribution in [2.24, 2.45) is 0 Å². The van der Waals surface area contributed by atoms with E-state index in [-0.39, 0.29) is 5.97 Å². The standard InChI is InChI=1S/C25H25NO2/c1-20(16-25(27)28-2)23-14-9-15-24(17-23)26(18-21-10-5-3-6-11-21)19-22-12-7-4-8-13-22/h3-17H,18-19H2,1-2H3/b20-16-. The summed E-state index contributed by atoms with van der Waals surface area (Å²) in [6, 6.07) is 29.2. The molecule has 3 nitrogen and oxygen atoms in total. The molecule has 0 radical (unpaired) electrons. The molecule has 28 heavy (non-hydrogen) atoms. The number of carbonyl (C=O) groups is 1. The number of benzene rings is 3. The molecule has 3 aromatic rings. The second kappa shape index (κ2) is 9.56. The van der Waals surface area contributed by atoms with Crippen molar-refractivity contribution in [2.75, 3.05) is 12.0 Å². The SMILES string of the molecule is COC(=O)/C=C(/C)c1cccc(N(Cc2ccccc2)Cc2ccccc2)c1. The molecular formula is C25H25NO2. The maximum atomic E-state index is 11.6. The summed E-state index contributed by atoms with van der Waals surface area (Å²) >= 11 is 0. The van der Waals surface area contributed by atoms with E-state index in [4.69, 9.17) is 4.74 Å². The van der Waals surface area contributed by atoms with Crippen molar-refractivity contribution in [1.82, 2.24) is 0 Å². The van der Waals surface area contributed by atoms with E-state index in [1.165, 1.54) is 24.3 Å². The molecule has 0 unspecified atom stereocenters. The topological polar surface area (TPSA) is 29.5 Å². The third kappa shape index (κ3) is 5.34. The predicted octanol–water partition coefficient (Wildman–Crippen LogP) is 5.47. The third-order valence-corrected chi connectivity index (χ3v) is 4.63. The van der Waals surface area contributed by atoms with Crippen LogP contribution in [-0.2, 0) is 22.6 Å². The quantitative estimate of drug-likeness (QED) is 0.407. The Morgan fingerprint density at radius 2 is 1.43 bits per heavy atom. The number of hydrogen-bond donors (Lipinski definition) is 0. The number of carbonyl (C=O) groups excluding carboxylic acids is 1. The highest BCUT2D eigenvalue weighted by molar-refractivity contribution is 5.91. The number of methoxy groups -OCH3 is 1. The molecule has 0 heterocycles. The number of ether oxygens (including phenoxy) is 1. The van der Waals surface area contributed by atoms with E-state index in [1.807, 2.05) is 31.2 Å². The van der Waals surface area contributed by atoms with Gasteiger partial charge in [0.1, 0.15) is 0 Å². The van der Waals surface area contributed by atoms with Crippen LogP contribution in [0.1, 0.15) is 23.6 Å². The van der Waals surface area contributed by atoms with Crippen LogP contribution in [0.15, 0.2) is 91.0 Å². The molecule has 0 spiro atoms. The van der Waals surface area contributed by atoms with Gasteiger partial charge in [-0.05, 0) is 41.3 Å². The van der Waals surface area contributed by atoms with Gasteiger partial charge in [0, 0.05) is 24.9 Å². The monoisotopic (exact) mass is 371 g/mol. The van der Waals surface area contributed by atoms with E-state index in [1.54, 1.807) is 0 Å². The van der Waals surface area contributed by atoms with Crippen LogP contribution in [0.3, 0.4) is 0 Å². The van der Waals surface area contributed by atoms with Gasteiger partial charge in [0.15, 0.2) is 0 Å². The highest BCUT2D eigenvalue weighted by Crippen LogP contribution is 2.25. The molecular weight excluding hydrogens is 346 g/mol. The summed E-state index contributed by atoms with van der Waals surface area (Å²) in [5.41, 5.74) is 5.52. The lowest BCUT2D eigenvalue weighted by Crippen LogP contribution is -2.22. The van der Waals surface area contributed by atoms with Gasteiger partial charge in [-0.15, -0.1) is 0 Å². The molecule has 3 heteroatoms. The van der Waals surface area contributed by atoms with Gasteiger partial charge in [0.2, 0.25) is 0 Å². The highest BCUT2D eigenvalue weighted by Gasteiger charge is 2.10. The summed E-state index contributed by atoms with van der Waals surface area (Å²) in [4.78, 5) is 13.9. The van der Waals surface area contributed by atoms with Gasteiger partial charge in [-0.25, -0.2) is 4.79 Å². The normalized spacial score (nSPS) is 11.1. The summed E-state index contributed by atoms with van der Waals surface area (Å²) in [6.45, 7) is 3.53. The maximum Gasteiger partial charge on any atom is 0.330 e. The van der Waals surface area contributed by atoms with Gasteiger partial charge in [-0.1, -0.05) is 72.8 Å². The molecule has 3 aromatic carbocycles. The molecule has 0 saturated heterocycles. The Labute approximate surface area is 166 Å². The summed E-state index contributed by atoms with van der Waals surface area (Å²) in [5, 5.41) is 0. The van der Waals surface area contributed by atoms with Gasteiger partial charge >= 0.3 is 5.97 Å². The zero-order valence-electron chi connectivity index (χ0n) is 16.3. The lowest BCUT2D eigenvalue weighted by atomic mass is 10.1. The van der Waals surface area contributed by atoms with Gasteiger partial charge < -0.3 is 9.64 Å². The number of allylic oxidation sites excluding steroid dienone is 1. The lowest BCUT2D eigenvalue weighted by molar-refractivity contribution is -0.134. The third-order valence-electron chi connectivity index (χ3n) is 4.63. The Hall–Kier alpha value is -3.33. The molecule has 0 aromatic heterocycles. The van der Waals surface area contributed by atoms with Crippen molar-refractivity contribution in [3.8, 4) is 0 Å². The number of nitrogens with zero attached hydrogens (tertiary/aromatic N) is 1. The van der Waals surface area contributed by atoms with Gasteiger partial charge in [0.05, 0.1) is 7.11 Å². The smallest absolute Gasteiger partial charge is 0.330 e. The summed E-state index contributed by atoms with van der Waals surface area (Å²) in [5.74, 6) is -0.340. The minimum Gasteiger partial charge on any atom is -0.466 e. The van der Waals surface area contributed by atoms with Crippen molar-refractivity contribution < 1.29 is 9.53 Å². The first-order chi connectivity index (χ1) is 13.7. The van der Waals surface area contributed by atoms with Crippen LogP contribution in [0.4, 0.5) is 5.69 Å². The molecule has 0 atom stereocenters. The second-order valence-electron chi connectivity index (χ2n) is 6.73. The number of hydrogen-bond acceptors (Lipinski definition) is 3. The fourth-order valence-electron chi connectivity index (χ4n) is 3.11. The number of rotatable bonds is 7. The van der Waals surface area contributed by atoms with Crippen molar-refractivity contribution in [1.29, 1.82) is 0 Å². The minimum atomic E-state index is -0.340. The van der Waals surface area contributed by atoms with E-state index < -0.39 is 0 Å². The van der Waals surface area contributed by atoms with Crippen LogP contribution in [0, 0.1) is 0 Å². The van der Waals surface area contributed by atoms with Crippen molar-refractivity contribution >= 4 is 17.2 Å². The lowest BCUT2D eigenvalue weighted by Gasteiger charge is -2.26. The Balaban J connectivity index is 1.92. The Kier molecular flexibility index (Phi) is 6.64. The van der Waals surface area contributed by atoms with E-state index >= 15 is 0 Å². The maximum absolute atomic E-state index is 11.6. The van der Waals surface area contributed by atoms with Crippen molar-refractivity contribution in [3.05, 3.63) is 108 Å². The highest BCUT2D eigenvalue weighted by atomic mass is 16.5. The molecule has 0 saturated carbocycles. The van der Waals surface area contributed by atoms with E-state index in [2.05, 4.69) is 65.6 Å². The van der Waals surface area contributed by atoms with E-state index in [9.17, 15) is 4.79 Å². The van der Waals surface area contributed by atoms with E-state index in [0.717, 1.165) is 29.9 Å². The minimum absolute atomic E-state index is 0.340. The second-order valence-corrected chi connectivity index (χ2v) is 6.73. The zero-order chi connectivity index (χ0) is 19.8. The van der Waals surface area contributed by atoms with Gasteiger partial charge in [-0.2, -0.15) is 0 Å². The number of esters is 1. The van der Waals surface area contributed by atoms with Crippen LogP contribution in [-0.4, -0.2) is 13.1 Å². The summed E-state index contributed by atoms with van der Waals surface area (Å²) < 4.78 is 4.75. The first kappa shape index (κ1) is 19.4. The Morgan fingerprint density at radius 3 is 1.96 bits per heavy atom. The predicted molar refractivity (Wildman–Crippen MR) is 115 cm³/mol. The van der Waals surface area contributed by atoms with Crippen LogP contribution in [0.5, 0.6) is 0 Å². The number of anilines is 1. The molecule has 0 fully saturated rings. The molecule has 0 aliphatic rings. The average molecular weight is 371 g/mol. The molecule has 142 valence electrons. The Bertz CT molecular complexity index is 892. The fourth-order valence-corrected chi connectivity index (χ4v) is 3.11. The van der Waals surface area contributed by atoms with E-state index in [0.29, 0.717) is 0 Å². The van der Waals surface area contributed by atoms with Crippen LogP contribution in [0.25, 0.3) is 5.57 Å². The van der Waals surface area contributed by atoms with Crippen LogP contribution < -0.4 is 4.90 Å². The van der Waals surface area contributed by atoms with Crippen molar-refractivity contribution in [2.45, 2.75) is 20.0 Å². The zero-order valence-corrected chi connectivity index (χ0v) is 16.3. The van der Waals surface area contributed by atoms with Gasteiger partial charge in [0.25, 0.3) is 0 Å². The molecule has 0 bridgehead atoms. The first-order valence-electron chi connectivity index (χ1n) is 9.35. The molecule has 3 rings (SSSR count). The molecule has 0 aliphatic carbocycles. The fraction of sp³-hybridized carbons (Fsp3) is 0.160. The van der Waals surface area contributed by atoms with Crippen LogP contribution >= 0.6 is 0 Å². The average Bonchev–Trinajstić information content (AvgIpc) is 2.74. The molecule has 0 aliphatic heterocycles. The van der Waals surface area contributed by atoms with Gasteiger partial charge in [-0.3, -0.25) is 0 Å². The van der Waals surface area contributed by atoms with Crippen molar-refractivity contribution in [3.63, 3.8) is 0 Å².